The van der Waals surface area contributed by atoms with Crippen molar-refractivity contribution in [1.82, 2.24) is 10.2 Å². The standard InChI is InChI=1S/C15H20BrN3O2/c1-2-19-9-3-4-13(19)10-17-14(20)15(21)18-12-7-5-11(16)6-8-12/h5-8,13H,2-4,9-10H2,1H3,(H,17,20)(H,18,21)/t13-/m1/s1. The lowest BCUT2D eigenvalue weighted by molar-refractivity contribution is -0.136. The third-order valence-electron chi connectivity index (χ3n) is 3.71. The number of nitrogens with zero attached hydrogens (tertiary/aromatic N) is 1. The van der Waals surface area contributed by atoms with Crippen molar-refractivity contribution in [2.75, 3.05) is 25.0 Å². The number of hydrogen-bond acceptors (Lipinski definition) is 3. The average Bonchev–Trinajstić information content (AvgIpc) is 2.94. The summed E-state index contributed by atoms with van der Waals surface area (Å²) < 4.78 is 0.922. The van der Waals surface area contributed by atoms with E-state index in [-0.39, 0.29) is 0 Å². The molecule has 1 aliphatic heterocycles. The quantitative estimate of drug-likeness (QED) is 0.813. The van der Waals surface area contributed by atoms with Crippen molar-refractivity contribution in [1.29, 1.82) is 0 Å². The molecular formula is C15H20BrN3O2. The zero-order valence-electron chi connectivity index (χ0n) is 12.1. The SMILES string of the molecule is CCN1CCC[C@@H]1CNC(=O)C(=O)Nc1ccc(Br)cc1. The number of anilines is 1. The number of carbonyl (C=O) groups is 2. The lowest BCUT2D eigenvalue weighted by Gasteiger charge is -2.22. The molecule has 0 unspecified atom stereocenters. The van der Waals surface area contributed by atoms with Gasteiger partial charge in [-0.25, -0.2) is 0 Å². The van der Waals surface area contributed by atoms with Crippen LogP contribution in [0.5, 0.6) is 0 Å². The zero-order valence-corrected chi connectivity index (χ0v) is 13.6. The van der Waals surface area contributed by atoms with Crippen molar-refractivity contribution < 1.29 is 9.59 Å². The lowest BCUT2D eigenvalue weighted by Crippen LogP contribution is -2.43. The fraction of sp³-hybridized carbons (Fsp3) is 0.467. The Morgan fingerprint density at radius 1 is 1.29 bits per heavy atom. The second kappa shape index (κ2) is 7.56. The van der Waals surface area contributed by atoms with E-state index in [0.717, 1.165) is 30.4 Å². The van der Waals surface area contributed by atoms with Crippen molar-refractivity contribution in [3.8, 4) is 0 Å². The van der Waals surface area contributed by atoms with Gasteiger partial charge in [0.2, 0.25) is 0 Å². The molecule has 1 atom stereocenters. The molecule has 1 saturated heterocycles. The number of nitrogens with one attached hydrogen (secondary N) is 2. The molecule has 1 fully saturated rings. The van der Waals surface area contributed by atoms with E-state index in [0.29, 0.717) is 18.3 Å². The minimum Gasteiger partial charge on any atom is -0.346 e. The van der Waals surface area contributed by atoms with Crippen LogP contribution in [0.25, 0.3) is 0 Å². The monoisotopic (exact) mass is 353 g/mol. The van der Waals surface area contributed by atoms with Crippen LogP contribution >= 0.6 is 15.9 Å². The number of amides is 2. The van der Waals surface area contributed by atoms with E-state index in [9.17, 15) is 9.59 Å². The van der Waals surface area contributed by atoms with Gasteiger partial charge in [-0.3, -0.25) is 14.5 Å². The first-order valence-corrected chi connectivity index (χ1v) is 7.98. The van der Waals surface area contributed by atoms with E-state index < -0.39 is 11.8 Å². The molecule has 0 aromatic heterocycles. The maximum Gasteiger partial charge on any atom is 0.313 e. The molecule has 0 bridgehead atoms. The van der Waals surface area contributed by atoms with Gasteiger partial charge < -0.3 is 10.6 Å². The number of halogens is 1. The number of hydrogen-bond donors (Lipinski definition) is 2. The predicted octanol–water partition coefficient (Wildman–Crippen LogP) is 1.99. The molecule has 2 amide bonds. The number of benzene rings is 1. The molecule has 0 aliphatic carbocycles. The molecule has 6 heteroatoms. The largest absolute Gasteiger partial charge is 0.346 e. The van der Waals surface area contributed by atoms with E-state index in [1.54, 1.807) is 12.1 Å². The summed E-state index contributed by atoms with van der Waals surface area (Å²) in [6.45, 7) is 4.69. The fourth-order valence-electron chi connectivity index (χ4n) is 2.55. The first-order chi connectivity index (χ1) is 10.1. The topological polar surface area (TPSA) is 61.4 Å². The van der Waals surface area contributed by atoms with Gasteiger partial charge in [-0.15, -0.1) is 0 Å². The summed E-state index contributed by atoms with van der Waals surface area (Å²) in [4.78, 5) is 25.9. The van der Waals surface area contributed by atoms with Crippen molar-refractivity contribution in [3.63, 3.8) is 0 Å². The highest BCUT2D eigenvalue weighted by atomic mass is 79.9. The Morgan fingerprint density at radius 3 is 2.67 bits per heavy atom. The Kier molecular flexibility index (Phi) is 5.76. The maximum atomic E-state index is 11.8. The van der Waals surface area contributed by atoms with Gasteiger partial charge in [0.1, 0.15) is 0 Å². The second-order valence-corrected chi connectivity index (χ2v) is 6.01. The molecule has 0 radical (unpaired) electrons. The van der Waals surface area contributed by atoms with Crippen LogP contribution < -0.4 is 10.6 Å². The molecule has 1 aromatic rings. The summed E-state index contributed by atoms with van der Waals surface area (Å²) in [5.74, 6) is -1.21. The average molecular weight is 354 g/mol. The maximum absolute atomic E-state index is 11.8. The Bertz CT molecular complexity index is 504. The van der Waals surface area contributed by atoms with Crippen molar-refractivity contribution in [2.24, 2.45) is 0 Å². The van der Waals surface area contributed by atoms with Crippen LogP contribution in [0.4, 0.5) is 5.69 Å². The Morgan fingerprint density at radius 2 is 2.00 bits per heavy atom. The number of likely N-dealkylation sites (N-methyl/N-ethyl adjacent to an activating group) is 1. The molecule has 1 heterocycles. The summed E-state index contributed by atoms with van der Waals surface area (Å²) in [6, 6.07) is 7.45. The molecule has 114 valence electrons. The fourth-order valence-corrected chi connectivity index (χ4v) is 2.82. The Labute approximate surface area is 133 Å². The van der Waals surface area contributed by atoms with Crippen molar-refractivity contribution in [2.45, 2.75) is 25.8 Å². The van der Waals surface area contributed by atoms with Crippen LogP contribution in [0.1, 0.15) is 19.8 Å². The van der Waals surface area contributed by atoms with Gasteiger partial charge in [0.15, 0.2) is 0 Å². The van der Waals surface area contributed by atoms with Gasteiger partial charge >= 0.3 is 11.8 Å². The number of rotatable bonds is 4. The normalized spacial score (nSPS) is 18.5. The number of carbonyl (C=O) groups excluding carboxylic acids is 2. The number of likely N-dealkylation sites (tertiary alicyclic amines) is 1. The van der Waals surface area contributed by atoms with Gasteiger partial charge in [0.05, 0.1) is 0 Å². The minimum atomic E-state index is -0.627. The smallest absolute Gasteiger partial charge is 0.313 e. The highest BCUT2D eigenvalue weighted by molar-refractivity contribution is 9.10. The Hall–Kier alpha value is -1.40. The molecular weight excluding hydrogens is 334 g/mol. The molecule has 1 aliphatic rings. The third kappa shape index (κ3) is 4.54. The molecule has 5 nitrogen and oxygen atoms in total. The minimum absolute atomic E-state index is 0.347. The zero-order chi connectivity index (χ0) is 15.2. The molecule has 0 spiro atoms. The van der Waals surface area contributed by atoms with Gasteiger partial charge in [-0.1, -0.05) is 22.9 Å². The summed E-state index contributed by atoms with van der Waals surface area (Å²) >= 11 is 3.32. The van der Waals surface area contributed by atoms with Gasteiger partial charge in [-0.05, 0) is 50.2 Å². The first kappa shape index (κ1) is 16.0. The summed E-state index contributed by atoms with van der Waals surface area (Å²) in [6.07, 6.45) is 2.22. The highest BCUT2D eigenvalue weighted by Gasteiger charge is 2.24. The van der Waals surface area contributed by atoms with E-state index in [1.165, 1.54) is 0 Å². The molecule has 2 rings (SSSR count). The molecule has 1 aromatic carbocycles. The van der Waals surface area contributed by atoms with Crippen LogP contribution in [-0.4, -0.2) is 42.4 Å². The highest BCUT2D eigenvalue weighted by Crippen LogP contribution is 2.16. The lowest BCUT2D eigenvalue weighted by atomic mass is 10.2. The van der Waals surface area contributed by atoms with E-state index in [2.05, 4.69) is 38.4 Å². The summed E-state index contributed by atoms with van der Waals surface area (Å²) in [7, 11) is 0. The van der Waals surface area contributed by atoms with Crippen molar-refractivity contribution >= 4 is 33.4 Å². The Balaban J connectivity index is 1.80. The summed E-state index contributed by atoms with van der Waals surface area (Å²) in [5.41, 5.74) is 0.606. The van der Waals surface area contributed by atoms with Crippen LogP contribution in [-0.2, 0) is 9.59 Å². The van der Waals surface area contributed by atoms with Crippen LogP contribution in [0.2, 0.25) is 0 Å². The van der Waals surface area contributed by atoms with Crippen LogP contribution in [0.15, 0.2) is 28.7 Å². The third-order valence-corrected chi connectivity index (χ3v) is 4.24. The first-order valence-electron chi connectivity index (χ1n) is 7.19. The summed E-state index contributed by atoms with van der Waals surface area (Å²) in [5, 5.41) is 5.30. The van der Waals surface area contributed by atoms with E-state index in [4.69, 9.17) is 0 Å². The van der Waals surface area contributed by atoms with Gasteiger partial charge in [0, 0.05) is 22.7 Å². The van der Waals surface area contributed by atoms with E-state index in [1.807, 2.05) is 12.1 Å². The van der Waals surface area contributed by atoms with Crippen LogP contribution in [0.3, 0.4) is 0 Å². The van der Waals surface area contributed by atoms with Crippen LogP contribution in [0, 0.1) is 0 Å². The van der Waals surface area contributed by atoms with Gasteiger partial charge in [0.25, 0.3) is 0 Å². The molecule has 21 heavy (non-hydrogen) atoms. The molecule has 0 saturated carbocycles. The van der Waals surface area contributed by atoms with E-state index >= 15 is 0 Å². The molecule has 2 N–H and O–H groups in total. The predicted molar refractivity (Wildman–Crippen MR) is 86.1 cm³/mol. The van der Waals surface area contributed by atoms with Crippen molar-refractivity contribution in [3.05, 3.63) is 28.7 Å². The van der Waals surface area contributed by atoms with Gasteiger partial charge in [-0.2, -0.15) is 0 Å². The second-order valence-electron chi connectivity index (χ2n) is 5.10.